The van der Waals surface area contributed by atoms with Crippen molar-refractivity contribution in [3.63, 3.8) is 0 Å². The van der Waals surface area contributed by atoms with Crippen molar-refractivity contribution in [3.05, 3.63) is 69.5 Å². The minimum Gasteiger partial charge on any atom is -0.483 e. The predicted octanol–water partition coefficient (Wildman–Crippen LogP) is 4.30. The van der Waals surface area contributed by atoms with E-state index in [1.54, 1.807) is 24.3 Å². The molecule has 1 unspecified atom stereocenters. The van der Waals surface area contributed by atoms with Crippen LogP contribution in [0, 0.1) is 15.9 Å². The van der Waals surface area contributed by atoms with Crippen LogP contribution in [-0.2, 0) is 6.42 Å². The number of hydrogen-bond acceptors (Lipinski definition) is 4. The summed E-state index contributed by atoms with van der Waals surface area (Å²) in [5, 5.41) is 11.3. The van der Waals surface area contributed by atoms with Gasteiger partial charge in [0.2, 0.25) is 0 Å². The molecular formula is C19H21FN2O3. The SMILES string of the molecule is NC(Cc1ccc(F)cc1)c1ccc([N+](=O)[O-])c(OC2CCCC2)c1. The number of nitro benzene ring substituents is 1. The maximum absolute atomic E-state index is 13.0. The zero-order valence-corrected chi connectivity index (χ0v) is 13.9. The van der Waals surface area contributed by atoms with E-state index >= 15 is 0 Å². The predicted molar refractivity (Wildman–Crippen MR) is 93.0 cm³/mol. The quantitative estimate of drug-likeness (QED) is 0.626. The standard InChI is InChI=1S/C19H21FN2O3/c20-15-8-5-13(6-9-15)11-17(21)14-7-10-18(22(23)24)19(12-14)25-16-3-1-2-4-16/h5-10,12,16-17H,1-4,11,21H2. The molecule has 0 aromatic heterocycles. The maximum Gasteiger partial charge on any atom is 0.310 e. The Bertz CT molecular complexity index is 743. The Kier molecular flexibility index (Phi) is 5.28. The van der Waals surface area contributed by atoms with Gasteiger partial charge in [-0.1, -0.05) is 18.2 Å². The van der Waals surface area contributed by atoms with E-state index in [0.29, 0.717) is 6.42 Å². The molecule has 1 aliphatic carbocycles. The fourth-order valence-corrected chi connectivity index (χ4v) is 3.18. The fraction of sp³-hybridized carbons (Fsp3) is 0.368. The third-order valence-electron chi connectivity index (χ3n) is 4.57. The highest BCUT2D eigenvalue weighted by Gasteiger charge is 2.23. The van der Waals surface area contributed by atoms with Gasteiger partial charge in [-0.2, -0.15) is 0 Å². The summed E-state index contributed by atoms with van der Waals surface area (Å²) >= 11 is 0. The Morgan fingerprint density at radius 3 is 2.52 bits per heavy atom. The van der Waals surface area contributed by atoms with E-state index in [1.165, 1.54) is 18.2 Å². The van der Waals surface area contributed by atoms with Gasteiger partial charge in [-0.15, -0.1) is 0 Å². The van der Waals surface area contributed by atoms with Crippen molar-refractivity contribution in [2.75, 3.05) is 0 Å². The van der Waals surface area contributed by atoms with Gasteiger partial charge < -0.3 is 10.5 Å². The molecule has 1 aliphatic rings. The molecule has 5 nitrogen and oxygen atoms in total. The van der Waals surface area contributed by atoms with Crippen LogP contribution in [0.25, 0.3) is 0 Å². The molecule has 0 bridgehead atoms. The van der Waals surface area contributed by atoms with Crippen LogP contribution in [0.15, 0.2) is 42.5 Å². The largest absolute Gasteiger partial charge is 0.483 e. The van der Waals surface area contributed by atoms with Crippen LogP contribution < -0.4 is 10.5 Å². The van der Waals surface area contributed by atoms with Crippen molar-refractivity contribution >= 4 is 5.69 Å². The molecule has 0 amide bonds. The minimum atomic E-state index is -0.431. The number of nitro groups is 1. The summed E-state index contributed by atoms with van der Waals surface area (Å²) in [6, 6.07) is 10.6. The molecule has 1 atom stereocenters. The molecule has 132 valence electrons. The monoisotopic (exact) mass is 344 g/mol. The molecule has 0 radical (unpaired) electrons. The topological polar surface area (TPSA) is 78.4 Å². The number of nitrogens with two attached hydrogens (primary N) is 1. The van der Waals surface area contributed by atoms with Gasteiger partial charge in [0.25, 0.3) is 0 Å². The summed E-state index contributed by atoms with van der Waals surface area (Å²) < 4.78 is 18.9. The number of halogens is 1. The second-order valence-corrected chi connectivity index (χ2v) is 6.45. The first-order chi connectivity index (χ1) is 12.0. The first-order valence-corrected chi connectivity index (χ1v) is 8.48. The summed E-state index contributed by atoms with van der Waals surface area (Å²) in [7, 11) is 0. The third kappa shape index (κ3) is 4.33. The van der Waals surface area contributed by atoms with Gasteiger partial charge in [0, 0.05) is 12.1 Å². The van der Waals surface area contributed by atoms with Crippen LogP contribution in [0.4, 0.5) is 10.1 Å². The second-order valence-electron chi connectivity index (χ2n) is 6.45. The number of nitrogens with zero attached hydrogens (tertiary/aromatic N) is 1. The number of rotatable bonds is 6. The van der Waals surface area contributed by atoms with Gasteiger partial charge in [-0.3, -0.25) is 10.1 Å². The van der Waals surface area contributed by atoms with Crippen molar-refractivity contribution in [2.45, 2.75) is 44.2 Å². The van der Waals surface area contributed by atoms with Crippen molar-refractivity contribution in [3.8, 4) is 5.75 Å². The van der Waals surface area contributed by atoms with Crippen LogP contribution in [0.1, 0.15) is 42.9 Å². The highest BCUT2D eigenvalue weighted by atomic mass is 19.1. The van der Waals surface area contributed by atoms with Gasteiger partial charge in [0.15, 0.2) is 5.75 Å². The molecule has 1 saturated carbocycles. The molecule has 2 aromatic rings. The molecular weight excluding hydrogens is 323 g/mol. The van der Waals surface area contributed by atoms with Gasteiger partial charge in [0.1, 0.15) is 5.82 Å². The van der Waals surface area contributed by atoms with Gasteiger partial charge in [0.05, 0.1) is 11.0 Å². The van der Waals surface area contributed by atoms with Crippen LogP contribution in [0.5, 0.6) is 5.75 Å². The van der Waals surface area contributed by atoms with E-state index in [9.17, 15) is 14.5 Å². The lowest BCUT2D eigenvalue weighted by atomic mass is 9.99. The molecule has 2 aromatic carbocycles. The highest BCUT2D eigenvalue weighted by Crippen LogP contribution is 2.34. The maximum atomic E-state index is 13.0. The molecule has 1 fully saturated rings. The number of ether oxygens (including phenoxy) is 1. The average molecular weight is 344 g/mol. The van der Waals surface area contributed by atoms with Crippen molar-refractivity contribution in [2.24, 2.45) is 5.73 Å². The summed E-state index contributed by atoms with van der Waals surface area (Å²) in [6.45, 7) is 0. The van der Waals surface area contributed by atoms with Crippen LogP contribution in [-0.4, -0.2) is 11.0 Å². The van der Waals surface area contributed by atoms with E-state index in [-0.39, 0.29) is 29.4 Å². The molecule has 0 aliphatic heterocycles. The van der Waals surface area contributed by atoms with Crippen molar-refractivity contribution in [1.82, 2.24) is 0 Å². The van der Waals surface area contributed by atoms with Gasteiger partial charge in [-0.05, 0) is 61.4 Å². The first kappa shape index (κ1) is 17.4. The zero-order valence-electron chi connectivity index (χ0n) is 13.9. The van der Waals surface area contributed by atoms with E-state index < -0.39 is 4.92 Å². The Hall–Kier alpha value is -2.47. The van der Waals surface area contributed by atoms with Gasteiger partial charge >= 0.3 is 5.69 Å². The summed E-state index contributed by atoms with van der Waals surface area (Å²) in [4.78, 5) is 10.8. The normalized spacial score (nSPS) is 15.9. The summed E-state index contributed by atoms with van der Waals surface area (Å²) in [5.41, 5.74) is 7.89. The van der Waals surface area contributed by atoms with Gasteiger partial charge in [-0.25, -0.2) is 4.39 Å². The Labute approximate surface area is 145 Å². The molecule has 0 heterocycles. The smallest absolute Gasteiger partial charge is 0.310 e. The summed E-state index contributed by atoms with van der Waals surface area (Å²) in [5.74, 6) is -0.0103. The van der Waals surface area contributed by atoms with Crippen LogP contribution in [0.2, 0.25) is 0 Å². The first-order valence-electron chi connectivity index (χ1n) is 8.48. The van der Waals surface area contributed by atoms with Crippen molar-refractivity contribution in [1.29, 1.82) is 0 Å². The lowest BCUT2D eigenvalue weighted by Crippen LogP contribution is -2.15. The minimum absolute atomic E-state index is 0.0299. The van der Waals surface area contributed by atoms with Crippen molar-refractivity contribution < 1.29 is 14.1 Å². The lowest BCUT2D eigenvalue weighted by Gasteiger charge is -2.17. The fourth-order valence-electron chi connectivity index (χ4n) is 3.18. The highest BCUT2D eigenvalue weighted by molar-refractivity contribution is 5.49. The molecule has 0 saturated heterocycles. The molecule has 25 heavy (non-hydrogen) atoms. The molecule has 3 rings (SSSR count). The molecule has 2 N–H and O–H groups in total. The number of hydrogen-bond donors (Lipinski definition) is 1. The van der Waals surface area contributed by atoms with E-state index in [4.69, 9.17) is 10.5 Å². The zero-order chi connectivity index (χ0) is 17.8. The van der Waals surface area contributed by atoms with Crippen LogP contribution in [0.3, 0.4) is 0 Å². The Morgan fingerprint density at radius 2 is 1.88 bits per heavy atom. The average Bonchev–Trinajstić information content (AvgIpc) is 3.09. The Morgan fingerprint density at radius 1 is 1.20 bits per heavy atom. The van der Waals surface area contributed by atoms with E-state index in [2.05, 4.69) is 0 Å². The second kappa shape index (κ2) is 7.61. The van der Waals surface area contributed by atoms with Crippen LogP contribution >= 0.6 is 0 Å². The molecule has 0 spiro atoms. The molecule has 6 heteroatoms. The number of benzene rings is 2. The van der Waals surface area contributed by atoms with E-state index in [0.717, 1.165) is 36.8 Å². The third-order valence-corrected chi connectivity index (χ3v) is 4.57. The van der Waals surface area contributed by atoms with E-state index in [1.807, 2.05) is 0 Å². The lowest BCUT2D eigenvalue weighted by molar-refractivity contribution is -0.386. The Balaban J connectivity index is 1.80. The summed E-state index contributed by atoms with van der Waals surface area (Å²) in [6.07, 6.45) is 4.56.